The Kier molecular flexibility index (Phi) is 3.40. The zero-order valence-electron chi connectivity index (χ0n) is 10.1. The van der Waals surface area contributed by atoms with Crippen LogP contribution in [0.1, 0.15) is 18.7 Å². The summed E-state index contributed by atoms with van der Waals surface area (Å²) in [5.41, 5.74) is 5.75. The molecule has 0 saturated carbocycles. The highest BCUT2D eigenvalue weighted by Gasteiger charge is 2.24. The van der Waals surface area contributed by atoms with Crippen LogP contribution in [0.5, 0.6) is 0 Å². The molecular formula is C12H16N4OS. The average molecular weight is 264 g/mol. The first-order valence-electron chi connectivity index (χ1n) is 6.17. The smallest absolute Gasteiger partial charge is 0.257 e. The van der Waals surface area contributed by atoms with Crippen molar-refractivity contribution >= 4 is 11.3 Å². The molecule has 0 aliphatic carbocycles. The van der Waals surface area contributed by atoms with Gasteiger partial charge in [0.05, 0.1) is 11.4 Å². The largest absolute Gasteiger partial charge is 0.419 e. The maximum absolute atomic E-state index is 5.75. The molecule has 1 saturated heterocycles. The molecule has 0 amide bonds. The van der Waals surface area contributed by atoms with Crippen LogP contribution in [-0.4, -0.2) is 34.2 Å². The molecule has 2 aromatic rings. The van der Waals surface area contributed by atoms with E-state index in [0.717, 1.165) is 11.4 Å². The van der Waals surface area contributed by atoms with Crippen molar-refractivity contribution in [2.24, 2.45) is 5.73 Å². The number of hydrogen-bond donors (Lipinski definition) is 1. The van der Waals surface area contributed by atoms with E-state index >= 15 is 0 Å². The molecular weight excluding hydrogens is 248 g/mol. The van der Waals surface area contributed by atoms with E-state index in [1.54, 1.807) is 11.3 Å². The first kappa shape index (κ1) is 11.8. The minimum absolute atomic E-state index is 0.460. The van der Waals surface area contributed by atoms with E-state index in [2.05, 4.69) is 15.1 Å². The van der Waals surface area contributed by atoms with Gasteiger partial charge in [0.2, 0.25) is 5.89 Å². The van der Waals surface area contributed by atoms with Gasteiger partial charge in [-0.25, -0.2) is 0 Å². The topological polar surface area (TPSA) is 68.2 Å². The molecule has 2 N–H and O–H groups in total. The Morgan fingerprint density at radius 2 is 2.44 bits per heavy atom. The maximum Gasteiger partial charge on any atom is 0.257 e. The number of likely N-dealkylation sites (tertiary alicyclic amines) is 1. The summed E-state index contributed by atoms with van der Waals surface area (Å²) in [6.45, 7) is 2.48. The molecule has 0 bridgehead atoms. The number of nitrogens with zero attached hydrogens (tertiary/aromatic N) is 3. The van der Waals surface area contributed by atoms with E-state index in [4.69, 9.17) is 10.2 Å². The number of rotatable bonds is 4. The standard InChI is InChI=1S/C12H16N4OS/c13-7-9-3-1-5-16(9)8-11-14-15-12(17-11)10-4-2-6-18-10/h2,4,6,9H,1,3,5,7-8,13H2. The van der Waals surface area contributed by atoms with Crippen LogP contribution < -0.4 is 5.73 Å². The minimum atomic E-state index is 0.460. The van der Waals surface area contributed by atoms with E-state index in [1.165, 1.54) is 12.8 Å². The maximum atomic E-state index is 5.75. The van der Waals surface area contributed by atoms with Gasteiger partial charge in [-0.05, 0) is 30.8 Å². The molecule has 0 spiro atoms. The quantitative estimate of drug-likeness (QED) is 0.910. The van der Waals surface area contributed by atoms with E-state index in [9.17, 15) is 0 Å². The van der Waals surface area contributed by atoms with Gasteiger partial charge in [0.25, 0.3) is 5.89 Å². The molecule has 5 nitrogen and oxygen atoms in total. The Morgan fingerprint density at radius 1 is 1.50 bits per heavy atom. The Labute approximate surface area is 110 Å². The van der Waals surface area contributed by atoms with Crippen molar-refractivity contribution in [3.05, 3.63) is 23.4 Å². The average Bonchev–Trinajstić information content (AvgIpc) is 3.10. The third-order valence-corrected chi connectivity index (χ3v) is 4.17. The van der Waals surface area contributed by atoms with Crippen molar-refractivity contribution in [2.75, 3.05) is 13.1 Å². The summed E-state index contributed by atoms with van der Waals surface area (Å²) in [5, 5.41) is 10.2. The lowest BCUT2D eigenvalue weighted by atomic mass is 10.2. The van der Waals surface area contributed by atoms with Crippen LogP contribution in [0.25, 0.3) is 10.8 Å². The summed E-state index contributed by atoms with van der Waals surface area (Å²) >= 11 is 1.61. The third kappa shape index (κ3) is 2.31. The van der Waals surface area contributed by atoms with Gasteiger partial charge in [-0.3, -0.25) is 4.90 Å². The minimum Gasteiger partial charge on any atom is -0.419 e. The molecule has 0 aromatic carbocycles. The zero-order valence-corrected chi connectivity index (χ0v) is 10.9. The highest BCUT2D eigenvalue weighted by Crippen LogP contribution is 2.24. The van der Waals surface area contributed by atoms with Crippen LogP contribution in [0.3, 0.4) is 0 Å². The SMILES string of the molecule is NCC1CCCN1Cc1nnc(-c2cccs2)o1. The fraction of sp³-hybridized carbons (Fsp3) is 0.500. The van der Waals surface area contributed by atoms with Crippen molar-refractivity contribution in [3.8, 4) is 10.8 Å². The molecule has 96 valence electrons. The van der Waals surface area contributed by atoms with Gasteiger partial charge in [-0.2, -0.15) is 0 Å². The molecule has 1 atom stereocenters. The predicted molar refractivity (Wildman–Crippen MR) is 70.1 cm³/mol. The molecule has 3 heterocycles. The van der Waals surface area contributed by atoms with Gasteiger partial charge in [0.15, 0.2) is 0 Å². The Bertz CT molecular complexity index is 496. The third-order valence-electron chi connectivity index (χ3n) is 3.31. The molecule has 1 aliphatic rings. The second-order valence-electron chi connectivity index (χ2n) is 4.48. The predicted octanol–water partition coefficient (Wildman–Crippen LogP) is 1.72. The highest BCUT2D eigenvalue weighted by atomic mass is 32.1. The van der Waals surface area contributed by atoms with Gasteiger partial charge >= 0.3 is 0 Å². The molecule has 18 heavy (non-hydrogen) atoms. The summed E-state index contributed by atoms with van der Waals surface area (Å²) in [5.74, 6) is 1.29. The van der Waals surface area contributed by atoms with Crippen molar-refractivity contribution in [2.45, 2.75) is 25.4 Å². The van der Waals surface area contributed by atoms with Crippen molar-refractivity contribution < 1.29 is 4.42 Å². The van der Waals surface area contributed by atoms with Crippen LogP contribution in [0.4, 0.5) is 0 Å². The first-order valence-corrected chi connectivity index (χ1v) is 7.05. The lowest BCUT2D eigenvalue weighted by molar-refractivity contribution is 0.226. The molecule has 0 radical (unpaired) electrons. The summed E-state index contributed by atoms with van der Waals surface area (Å²) < 4.78 is 5.69. The lowest BCUT2D eigenvalue weighted by Gasteiger charge is -2.20. The molecule has 1 unspecified atom stereocenters. The van der Waals surface area contributed by atoms with E-state index < -0.39 is 0 Å². The van der Waals surface area contributed by atoms with Crippen LogP contribution >= 0.6 is 11.3 Å². The zero-order chi connectivity index (χ0) is 12.4. The summed E-state index contributed by atoms with van der Waals surface area (Å²) in [4.78, 5) is 3.34. The lowest BCUT2D eigenvalue weighted by Crippen LogP contribution is -2.34. The fourth-order valence-electron chi connectivity index (χ4n) is 2.36. The van der Waals surface area contributed by atoms with Gasteiger partial charge in [-0.15, -0.1) is 21.5 Å². The molecule has 3 rings (SSSR count). The second-order valence-corrected chi connectivity index (χ2v) is 5.43. The van der Waals surface area contributed by atoms with E-state index in [0.29, 0.717) is 30.9 Å². The number of thiophene rings is 1. The molecule has 1 aliphatic heterocycles. The molecule has 2 aromatic heterocycles. The summed E-state index contributed by atoms with van der Waals surface area (Å²) in [6, 6.07) is 4.43. The van der Waals surface area contributed by atoms with Crippen LogP contribution in [0.15, 0.2) is 21.9 Å². The van der Waals surface area contributed by atoms with Gasteiger partial charge in [0.1, 0.15) is 0 Å². The van der Waals surface area contributed by atoms with E-state index in [-0.39, 0.29) is 0 Å². The van der Waals surface area contributed by atoms with Gasteiger partial charge in [0, 0.05) is 12.6 Å². The van der Waals surface area contributed by atoms with E-state index in [1.807, 2.05) is 17.5 Å². The monoisotopic (exact) mass is 264 g/mol. The fourth-order valence-corrected chi connectivity index (χ4v) is 3.01. The van der Waals surface area contributed by atoms with Crippen molar-refractivity contribution in [1.82, 2.24) is 15.1 Å². The van der Waals surface area contributed by atoms with Gasteiger partial charge < -0.3 is 10.2 Å². The molecule has 1 fully saturated rings. The Hall–Kier alpha value is -1.24. The number of aromatic nitrogens is 2. The van der Waals surface area contributed by atoms with Crippen LogP contribution in [0.2, 0.25) is 0 Å². The van der Waals surface area contributed by atoms with Gasteiger partial charge in [-0.1, -0.05) is 6.07 Å². The van der Waals surface area contributed by atoms with Crippen LogP contribution in [-0.2, 0) is 6.54 Å². The van der Waals surface area contributed by atoms with Crippen molar-refractivity contribution in [3.63, 3.8) is 0 Å². The first-order chi connectivity index (χ1) is 8.86. The van der Waals surface area contributed by atoms with Crippen molar-refractivity contribution in [1.29, 1.82) is 0 Å². The Morgan fingerprint density at radius 3 is 3.22 bits per heavy atom. The summed E-state index contributed by atoms with van der Waals surface area (Å²) in [6.07, 6.45) is 2.37. The number of hydrogen-bond acceptors (Lipinski definition) is 6. The number of nitrogens with two attached hydrogens (primary N) is 1. The normalized spacial score (nSPS) is 20.6. The highest BCUT2D eigenvalue weighted by molar-refractivity contribution is 7.13. The molecule has 6 heteroatoms. The van der Waals surface area contributed by atoms with Crippen LogP contribution in [0, 0.1) is 0 Å². The second kappa shape index (κ2) is 5.17. The summed E-state index contributed by atoms with van der Waals surface area (Å²) in [7, 11) is 0. The Balaban J connectivity index is 1.70.